The van der Waals surface area contributed by atoms with E-state index in [0.717, 1.165) is 16.8 Å². The Morgan fingerprint density at radius 2 is 2.04 bits per heavy atom. The Balaban J connectivity index is 1.48. The van der Waals surface area contributed by atoms with E-state index in [2.05, 4.69) is 30.6 Å². The second kappa shape index (κ2) is 6.98. The van der Waals surface area contributed by atoms with E-state index in [4.69, 9.17) is 0 Å². The van der Waals surface area contributed by atoms with Crippen molar-refractivity contribution >= 4 is 5.91 Å². The van der Waals surface area contributed by atoms with Crippen LogP contribution in [0.5, 0.6) is 0 Å². The molecule has 0 saturated carbocycles. The standard InChI is InChI=1S/C18H15N7O/c26-18(16-9-15(23-24-16)13-5-2-1-3-6-13)21-10-14-7-4-8-20-17(14)25-12-19-11-22-25/h1-9,11-12H,10H2,(H,21,26)(H,23,24). The Morgan fingerprint density at radius 1 is 1.15 bits per heavy atom. The summed E-state index contributed by atoms with van der Waals surface area (Å²) in [4.78, 5) is 20.7. The SMILES string of the molecule is O=C(NCc1cccnc1-n1cncn1)c1cc(-c2ccccc2)n[nH]1. The molecule has 0 atom stereocenters. The van der Waals surface area contributed by atoms with Gasteiger partial charge >= 0.3 is 0 Å². The van der Waals surface area contributed by atoms with E-state index in [1.807, 2.05) is 42.5 Å². The Hall–Kier alpha value is -3.81. The van der Waals surface area contributed by atoms with E-state index in [9.17, 15) is 4.79 Å². The molecule has 3 heterocycles. The lowest BCUT2D eigenvalue weighted by Crippen LogP contribution is -2.24. The fourth-order valence-electron chi connectivity index (χ4n) is 2.56. The molecule has 3 aromatic heterocycles. The summed E-state index contributed by atoms with van der Waals surface area (Å²) in [5, 5.41) is 13.9. The van der Waals surface area contributed by atoms with Crippen LogP contribution in [0, 0.1) is 0 Å². The lowest BCUT2D eigenvalue weighted by molar-refractivity contribution is 0.0946. The zero-order valence-electron chi connectivity index (χ0n) is 13.7. The van der Waals surface area contributed by atoms with Crippen LogP contribution in [0.3, 0.4) is 0 Å². The van der Waals surface area contributed by atoms with Gasteiger partial charge < -0.3 is 5.32 Å². The highest BCUT2D eigenvalue weighted by Crippen LogP contribution is 2.17. The third-order valence-electron chi connectivity index (χ3n) is 3.83. The minimum absolute atomic E-state index is 0.243. The summed E-state index contributed by atoms with van der Waals surface area (Å²) < 4.78 is 1.56. The molecule has 0 spiro atoms. The first-order valence-corrected chi connectivity index (χ1v) is 7.99. The zero-order valence-corrected chi connectivity index (χ0v) is 13.7. The molecule has 1 aromatic carbocycles. The first kappa shape index (κ1) is 15.7. The smallest absolute Gasteiger partial charge is 0.269 e. The molecule has 0 aliphatic rings. The molecule has 0 radical (unpaired) electrons. The summed E-state index contributed by atoms with van der Waals surface area (Å²) in [6, 6.07) is 15.1. The zero-order chi connectivity index (χ0) is 17.8. The number of rotatable bonds is 5. The summed E-state index contributed by atoms with van der Waals surface area (Å²) in [7, 11) is 0. The van der Waals surface area contributed by atoms with Crippen LogP contribution in [0.15, 0.2) is 67.4 Å². The van der Waals surface area contributed by atoms with Crippen LogP contribution in [0.1, 0.15) is 16.1 Å². The number of aromatic nitrogens is 6. The van der Waals surface area contributed by atoms with Crippen molar-refractivity contribution in [3.05, 3.63) is 78.6 Å². The number of benzene rings is 1. The summed E-state index contributed by atoms with van der Waals surface area (Å²) in [5.74, 6) is 0.382. The molecule has 0 unspecified atom stereocenters. The molecule has 4 rings (SSSR count). The maximum atomic E-state index is 12.4. The van der Waals surface area contributed by atoms with Crippen molar-refractivity contribution < 1.29 is 4.79 Å². The third kappa shape index (κ3) is 3.20. The average Bonchev–Trinajstić information content (AvgIpc) is 3.39. The first-order valence-electron chi connectivity index (χ1n) is 7.99. The van der Waals surface area contributed by atoms with Gasteiger partial charge in [0.15, 0.2) is 5.82 Å². The van der Waals surface area contributed by atoms with Gasteiger partial charge in [0, 0.05) is 23.9 Å². The highest BCUT2D eigenvalue weighted by Gasteiger charge is 2.12. The Bertz CT molecular complexity index is 1010. The van der Waals surface area contributed by atoms with Crippen molar-refractivity contribution in [3.8, 4) is 17.1 Å². The Kier molecular flexibility index (Phi) is 4.21. The number of hydrogen-bond acceptors (Lipinski definition) is 5. The number of nitrogens with one attached hydrogen (secondary N) is 2. The minimum Gasteiger partial charge on any atom is -0.346 e. The van der Waals surface area contributed by atoms with Gasteiger partial charge in [-0.05, 0) is 12.1 Å². The predicted molar refractivity (Wildman–Crippen MR) is 94.3 cm³/mol. The second-order valence-corrected chi connectivity index (χ2v) is 5.54. The highest BCUT2D eigenvalue weighted by atomic mass is 16.1. The minimum atomic E-state index is -0.243. The monoisotopic (exact) mass is 345 g/mol. The van der Waals surface area contributed by atoms with Crippen LogP contribution in [-0.4, -0.2) is 35.9 Å². The summed E-state index contributed by atoms with van der Waals surface area (Å²) in [6.45, 7) is 0.307. The lowest BCUT2D eigenvalue weighted by Gasteiger charge is -2.08. The van der Waals surface area contributed by atoms with Crippen LogP contribution in [0.4, 0.5) is 0 Å². The van der Waals surface area contributed by atoms with Gasteiger partial charge in [0.25, 0.3) is 5.91 Å². The predicted octanol–water partition coefficient (Wildman–Crippen LogP) is 1.98. The number of amides is 1. The second-order valence-electron chi connectivity index (χ2n) is 5.54. The largest absolute Gasteiger partial charge is 0.346 e. The van der Waals surface area contributed by atoms with Crippen molar-refractivity contribution in [2.75, 3.05) is 0 Å². The van der Waals surface area contributed by atoms with E-state index in [1.165, 1.54) is 6.33 Å². The van der Waals surface area contributed by atoms with Gasteiger partial charge in [0.1, 0.15) is 18.3 Å². The molecule has 0 fully saturated rings. The molecule has 0 saturated heterocycles. The van der Waals surface area contributed by atoms with Crippen molar-refractivity contribution in [1.29, 1.82) is 0 Å². The Morgan fingerprint density at radius 3 is 2.85 bits per heavy atom. The van der Waals surface area contributed by atoms with E-state index in [1.54, 1.807) is 23.3 Å². The number of aromatic amines is 1. The van der Waals surface area contributed by atoms with Crippen LogP contribution in [-0.2, 0) is 6.54 Å². The molecule has 0 aliphatic heterocycles. The number of nitrogens with zero attached hydrogens (tertiary/aromatic N) is 5. The molecule has 2 N–H and O–H groups in total. The van der Waals surface area contributed by atoms with E-state index < -0.39 is 0 Å². The van der Waals surface area contributed by atoms with Gasteiger partial charge in [-0.15, -0.1) is 0 Å². The normalized spacial score (nSPS) is 10.6. The van der Waals surface area contributed by atoms with Crippen molar-refractivity contribution in [2.24, 2.45) is 0 Å². The van der Waals surface area contributed by atoms with Crippen LogP contribution in [0.25, 0.3) is 17.1 Å². The number of carbonyl (C=O) groups excluding carboxylic acids is 1. The van der Waals surface area contributed by atoms with Crippen LogP contribution < -0.4 is 5.32 Å². The topological polar surface area (TPSA) is 101 Å². The molecule has 0 aliphatic carbocycles. The summed E-state index contributed by atoms with van der Waals surface area (Å²) in [5.41, 5.74) is 2.90. The number of H-pyrrole nitrogens is 1. The summed E-state index contributed by atoms with van der Waals surface area (Å²) >= 11 is 0. The molecular formula is C18H15N7O. The van der Waals surface area contributed by atoms with Crippen molar-refractivity contribution in [3.63, 3.8) is 0 Å². The molecule has 8 heteroatoms. The van der Waals surface area contributed by atoms with Gasteiger partial charge in [0.2, 0.25) is 0 Å². The van der Waals surface area contributed by atoms with Crippen LogP contribution >= 0.6 is 0 Å². The Labute approximate surface area is 148 Å². The first-order chi connectivity index (χ1) is 12.8. The summed E-state index contributed by atoms with van der Waals surface area (Å²) in [6.07, 6.45) is 4.67. The van der Waals surface area contributed by atoms with Crippen molar-refractivity contribution in [1.82, 2.24) is 35.3 Å². The molecule has 128 valence electrons. The van der Waals surface area contributed by atoms with Gasteiger partial charge in [-0.3, -0.25) is 9.89 Å². The molecule has 4 aromatic rings. The van der Waals surface area contributed by atoms with E-state index in [-0.39, 0.29) is 5.91 Å². The van der Waals surface area contributed by atoms with Crippen LogP contribution in [0.2, 0.25) is 0 Å². The number of hydrogen-bond donors (Lipinski definition) is 2. The lowest BCUT2D eigenvalue weighted by atomic mass is 10.1. The third-order valence-corrected chi connectivity index (χ3v) is 3.83. The molecule has 0 bridgehead atoms. The molecule has 1 amide bonds. The van der Waals surface area contributed by atoms with Gasteiger partial charge in [-0.2, -0.15) is 10.2 Å². The molecule has 26 heavy (non-hydrogen) atoms. The molecule has 8 nitrogen and oxygen atoms in total. The highest BCUT2D eigenvalue weighted by molar-refractivity contribution is 5.93. The quantitative estimate of drug-likeness (QED) is 0.576. The maximum Gasteiger partial charge on any atom is 0.269 e. The van der Waals surface area contributed by atoms with Gasteiger partial charge in [-0.25, -0.2) is 14.6 Å². The van der Waals surface area contributed by atoms with Gasteiger partial charge in [0.05, 0.1) is 5.69 Å². The fraction of sp³-hybridized carbons (Fsp3) is 0.0556. The maximum absolute atomic E-state index is 12.4. The van der Waals surface area contributed by atoms with E-state index in [0.29, 0.717) is 18.1 Å². The average molecular weight is 345 g/mol. The van der Waals surface area contributed by atoms with Gasteiger partial charge in [-0.1, -0.05) is 36.4 Å². The number of pyridine rings is 1. The number of carbonyl (C=O) groups is 1. The fourth-order valence-corrected chi connectivity index (χ4v) is 2.56. The van der Waals surface area contributed by atoms with E-state index >= 15 is 0 Å². The molecular weight excluding hydrogens is 330 g/mol. The van der Waals surface area contributed by atoms with Crippen molar-refractivity contribution in [2.45, 2.75) is 6.54 Å².